The summed E-state index contributed by atoms with van der Waals surface area (Å²) in [4.78, 5) is 0. The van der Waals surface area contributed by atoms with Gasteiger partial charge in [0.1, 0.15) is 11.6 Å². The molecule has 2 bridgehead atoms. The van der Waals surface area contributed by atoms with Crippen molar-refractivity contribution >= 4 is 16.1 Å². The fourth-order valence-corrected chi connectivity index (χ4v) is 6.89. The fourth-order valence-electron chi connectivity index (χ4n) is 6.18. The molecule has 6 rings (SSSR count). The Morgan fingerprint density at radius 1 is 0.848 bits per heavy atom. The van der Waals surface area contributed by atoms with Crippen LogP contribution in [-0.2, 0) is 16.9 Å². The maximum absolute atomic E-state index is 12.6. The van der Waals surface area contributed by atoms with Gasteiger partial charge < -0.3 is 9.84 Å². The van der Waals surface area contributed by atoms with E-state index in [2.05, 4.69) is 64.7 Å². The molecule has 1 N–H and O–H groups in total. The van der Waals surface area contributed by atoms with Crippen LogP contribution in [0.1, 0.15) is 42.4 Å². The summed E-state index contributed by atoms with van der Waals surface area (Å²) in [5.41, 5.74) is 2.04. The van der Waals surface area contributed by atoms with E-state index in [1.807, 2.05) is 42.5 Å². The Morgan fingerprint density at radius 3 is 1.91 bits per heavy atom. The van der Waals surface area contributed by atoms with Gasteiger partial charge in [0, 0.05) is 31.1 Å². The molecule has 0 saturated carbocycles. The van der Waals surface area contributed by atoms with Gasteiger partial charge in [-0.2, -0.15) is 0 Å². The zero-order valence-corrected chi connectivity index (χ0v) is 20.7. The first kappa shape index (κ1) is 22.8. The summed E-state index contributed by atoms with van der Waals surface area (Å²) < 4.78 is 6.99. The van der Waals surface area contributed by atoms with Crippen molar-refractivity contribution in [3.05, 3.63) is 108 Å². The number of quaternary nitrogens is 1. The number of hydrogen-bond donors (Lipinski definition) is 1. The number of aliphatic hydroxyl groups is 1. The van der Waals surface area contributed by atoms with Crippen molar-refractivity contribution in [2.75, 3.05) is 19.7 Å². The van der Waals surface area contributed by atoms with Gasteiger partial charge in [0.2, 0.25) is 16.1 Å². The van der Waals surface area contributed by atoms with E-state index in [9.17, 15) is 5.11 Å². The van der Waals surface area contributed by atoms with Crippen LogP contribution in [0.4, 0.5) is 0 Å². The Labute approximate surface area is 206 Å². The number of benzene rings is 3. The SMILES string of the molecule is OC(c1ccccc1)(c1ccccc1)C12CC[N+](Br)(CC1)C(CCOCc1ccccc1)C2. The van der Waals surface area contributed by atoms with Crippen LogP contribution in [0.5, 0.6) is 0 Å². The third-order valence-electron chi connectivity index (χ3n) is 8.06. The molecule has 3 aromatic rings. The van der Waals surface area contributed by atoms with Crippen molar-refractivity contribution in [2.45, 2.75) is 43.9 Å². The predicted molar refractivity (Wildman–Crippen MR) is 136 cm³/mol. The third kappa shape index (κ3) is 4.19. The summed E-state index contributed by atoms with van der Waals surface area (Å²) in [6.07, 6.45) is 3.96. The van der Waals surface area contributed by atoms with Gasteiger partial charge >= 0.3 is 0 Å². The van der Waals surface area contributed by atoms with E-state index in [-0.39, 0.29) is 5.41 Å². The standard InChI is InChI=1S/C29H33BrNO2/c30-31-19-17-28(18-20-31,22-27(31)16-21-33-23-24-10-4-1-5-11-24)29(32,25-12-6-2-7-13-25)26-14-8-3-9-15-26/h1-15,27,32H,16-23H2/q+1. The highest BCUT2D eigenvalue weighted by Gasteiger charge is 2.63. The quantitative estimate of drug-likeness (QED) is 0.290. The zero-order chi connectivity index (χ0) is 22.8. The van der Waals surface area contributed by atoms with Gasteiger partial charge in [-0.3, -0.25) is 3.51 Å². The molecule has 0 spiro atoms. The smallest absolute Gasteiger partial charge is 0.227 e. The monoisotopic (exact) mass is 506 g/mol. The third-order valence-corrected chi connectivity index (χ3v) is 9.35. The molecule has 172 valence electrons. The number of piperidine rings is 3. The maximum atomic E-state index is 12.6. The molecule has 0 aromatic heterocycles. The van der Waals surface area contributed by atoms with Crippen LogP contribution in [0.25, 0.3) is 0 Å². The van der Waals surface area contributed by atoms with Crippen molar-refractivity contribution in [3.8, 4) is 0 Å². The summed E-state index contributed by atoms with van der Waals surface area (Å²) in [7, 11) is 0. The van der Waals surface area contributed by atoms with Crippen molar-refractivity contribution < 1.29 is 13.4 Å². The average Bonchev–Trinajstić information content (AvgIpc) is 2.88. The molecule has 3 nitrogen and oxygen atoms in total. The summed E-state index contributed by atoms with van der Waals surface area (Å²) in [6, 6.07) is 31.4. The molecule has 3 heterocycles. The molecular formula is C29H33BrNO2+. The number of nitrogens with zero attached hydrogens (tertiary/aromatic N) is 1. The van der Waals surface area contributed by atoms with Gasteiger partial charge in [-0.15, -0.1) is 0 Å². The summed E-state index contributed by atoms with van der Waals surface area (Å²) in [5.74, 6) is 0. The van der Waals surface area contributed by atoms with E-state index in [0.717, 1.165) is 60.0 Å². The highest BCUT2D eigenvalue weighted by molar-refractivity contribution is 9.05. The molecule has 33 heavy (non-hydrogen) atoms. The maximum Gasteiger partial charge on any atom is 0.227 e. The first-order valence-electron chi connectivity index (χ1n) is 12.1. The lowest BCUT2D eigenvalue weighted by atomic mass is 9.55. The van der Waals surface area contributed by atoms with E-state index in [4.69, 9.17) is 4.74 Å². The molecule has 3 aliphatic rings. The lowest BCUT2D eigenvalue weighted by Crippen LogP contribution is -2.66. The second-order valence-corrected chi connectivity index (χ2v) is 11.2. The van der Waals surface area contributed by atoms with E-state index in [1.54, 1.807) is 0 Å². The van der Waals surface area contributed by atoms with Gasteiger partial charge in [-0.25, -0.2) is 0 Å². The highest BCUT2D eigenvalue weighted by atomic mass is 79.9. The van der Waals surface area contributed by atoms with Crippen LogP contribution in [0, 0.1) is 5.41 Å². The lowest BCUT2D eigenvalue weighted by Gasteiger charge is -2.60. The normalized spacial score (nSPS) is 26.9. The van der Waals surface area contributed by atoms with Crippen LogP contribution < -0.4 is 0 Å². The van der Waals surface area contributed by atoms with Crippen LogP contribution in [0.15, 0.2) is 91.0 Å². The van der Waals surface area contributed by atoms with Crippen molar-refractivity contribution in [2.24, 2.45) is 5.41 Å². The Bertz CT molecular complexity index is 993. The van der Waals surface area contributed by atoms with Gasteiger partial charge in [0.25, 0.3) is 0 Å². The van der Waals surface area contributed by atoms with Crippen LogP contribution >= 0.6 is 16.1 Å². The van der Waals surface area contributed by atoms with Gasteiger partial charge in [-0.1, -0.05) is 91.0 Å². The van der Waals surface area contributed by atoms with E-state index >= 15 is 0 Å². The fraction of sp³-hybridized carbons (Fsp3) is 0.379. The van der Waals surface area contributed by atoms with Crippen molar-refractivity contribution in [1.82, 2.24) is 0 Å². The van der Waals surface area contributed by atoms with Crippen LogP contribution in [0.2, 0.25) is 0 Å². The minimum atomic E-state index is -1.00. The second-order valence-electron chi connectivity index (χ2n) is 9.78. The van der Waals surface area contributed by atoms with Crippen LogP contribution in [-0.4, -0.2) is 34.4 Å². The molecule has 4 heteroatoms. The molecule has 0 amide bonds. The average molecular weight is 507 g/mol. The van der Waals surface area contributed by atoms with Crippen molar-refractivity contribution in [3.63, 3.8) is 0 Å². The molecule has 3 fully saturated rings. The second kappa shape index (κ2) is 9.34. The van der Waals surface area contributed by atoms with Crippen molar-refractivity contribution in [1.29, 1.82) is 0 Å². The van der Waals surface area contributed by atoms with E-state index < -0.39 is 5.60 Å². The number of rotatable bonds is 8. The van der Waals surface area contributed by atoms with Gasteiger partial charge in [0.05, 0.1) is 26.3 Å². The molecule has 1 atom stereocenters. The summed E-state index contributed by atoms with van der Waals surface area (Å²) in [6.45, 7) is 3.45. The lowest BCUT2D eigenvalue weighted by molar-refractivity contribution is -0.834. The molecule has 3 aliphatic heterocycles. The Hall–Kier alpha value is -1.98. The summed E-state index contributed by atoms with van der Waals surface area (Å²) >= 11 is 4.10. The Kier molecular flexibility index (Phi) is 6.45. The largest absolute Gasteiger partial charge is 0.380 e. The number of hydrogen-bond acceptors (Lipinski definition) is 2. The molecule has 0 radical (unpaired) electrons. The van der Waals surface area contributed by atoms with E-state index in [0.29, 0.717) is 12.6 Å². The summed E-state index contributed by atoms with van der Waals surface area (Å²) in [5, 5.41) is 12.6. The van der Waals surface area contributed by atoms with Gasteiger partial charge in [0.15, 0.2) is 0 Å². The van der Waals surface area contributed by atoms with Gasteiger partial charge in [-0.05, 0) is 16.7 Å². The Balaban J connectivity index is 1.39. The minimum Gasteiger partial charge on any atom is -0.380 e. The highest BCUT2D eigenvalue weighted by Crippen LogP contribution is 2.60. The number of ether oxygens (including phenoxy) is 1. The molecule has 1 unspecified atom stereocenters. The minimum absolute atomic E-state index is 0.187. The molecule has 0 aliphatic carbocycles. The molecule has 3 aromatic carbocycles. The first-order chi connectivity index (χ1) is 16.1. The van der Waals surface area contributed by atoms with E-state index in [1.165, 1.54) is 5.56 Å². The number of fused-ring (bicyclic) bond motifs is 3. The molecular weight excluding hydrogens is 474 g/mol. The number of halogens is 1. The zero-order valence-electron chi connectivity index (χ0n) is 19.1. The molecule has 3 saturated heterocycles. The first-order valence-corrected chi connectivity index (χ1v) is 12.8. The van der Waals surface area contributed by atoms with Crippen LogP contribution in [0.3, 0.4) is 0 Å². The predicted octanol–water partition coefficient (Wildman–Crippen LogP) is 6.21. The Morgan fingerprint density at radius 2 is 1.36 bits per heavy atom. The topological polar surface area (TPSA) is 29.5 Å².